The summed E-state index contributed by atoms with van der Waals surface area (Å²) in [5.41, 5.74) is 3.07. The molecule has 3 heterocycles. The van der Waals surface area contributed by atoms with Crippen LogP contribution in [0.1, 0.15) is 55.3 Å². The van der Waals surface area contributed by atoms with Crippen molar-refractivity contribution in [2.45, 2.75) is 51.7 Å². The second-order valence-corrected chi connectivity index (χ2v) is 11.4. The maximum absolute atomic E-state index is 13.0. The van der Waals surface area contributed by atoms with Crippen molar-refractivity contribution in [3.05, 3.63) is 57.6 Å². The molecule has 0 saturated heterocycles. The van der Waals surface area contributed by atoms with Crippen LogP contribution in [0.4, 0.5) is 5.00 Å². The van der Waals surface area contributed by atoms with Crippen molar-refractivity contribution >= 4 is 51.3 Å². The van der Waals surface area contributed by atoms with Crippen LogP contribution in [0.3, 0.4) is 0 Å². The summed E-state index contributed by atoms with van der Waals surface area (Å²) in [7, 11) is 0. The molecule has 37 heavy (non-hydrogen) atoms. The molecule has 0 saturated carbocycles. The summed E-state index contributed by atoms with van der Waals surface area (Å²) < 4.78 is 7.37. The van der Waals surface area contributed by atoms with E-state index in [0.29, 0.717) is 21.6 Å². The molecule has 0 fully saturated rings. The number of anilines is 1. The summed E-state index contributed by atoms with van der Waals surface area (Å²) in [6, 6.07) is 11.8. The normalized spacial score (nSPS) is 11.2. The summed E-state index contributed by atoms with van der Waals surface area (Å²) in [4.78, 5) is 27.0. The molecular formula is C27H30N4O3S3. The summed E-state index contributed by atoms with van der Waals surface area (Å²) >= 11 is 4.38. The number of rotatable bonds is 11. The maximum Gasteiger partial charge on any atom is 0.341 e. The van der Waals surface area contributed by atoms with Crippen molar-refractivity contribution < 1.29 is 14.3 Å². The fourth-order valence-electron chi connectivity index (χ4n) is 3.79. The quantitative estimate of drug-likeness (QED) is 0.156. The molecular weight excluding hydrogens is 525 g/mol. The van der Waals surface area contributed by atoms with E-state index in [1.54, 1.807) is 18.3 Å². The van der Waals surface area contributed by atoms with Gasteiger partial charge in [0.05, 0.1) is 12.4 Å². The van der Waals surface area contributed by atoms with Crippen LogP contribution in [0.2, 0.25) is 0 Å². The van der Waals surface area contributed by atoms with Crippen molar-refractivity contribution in [3.8, 4) is 22.5 Å². The van der Waals surface area contributed by atoms with Crippen LogP contribution in [0, 0.1) is 0 Å². The molecule has 0 aliphatic carbocycles. The summed E-state index contributed by atoms with van der Waals surface area (Å²) in [6.07, 6.45) is 0.923. The van der Waals surface area contributed by atoms with Crippen LogP contribution in [0.5, 0.6) is 0 Å². The van der Waals surface area contributed by atoms with Crippen molar-refractivity contribution in [3.63, 3.8) is 0 Å². The number of carbonyl (C=O) groups is 2. The molecule has 1 N–H and O–H groups in total. The number of aromatic nitrogens is 3. The van der Waals surface area contributed by atoms with Gasteiger partial charge in [0.2, 0.25) is 5.91 Å². The van der Waals surface area contributed by atoms with Gasteiger partial charge in [-0.1, -0.05) is 62.9 Å². The standard InChI is InChI=1S/C27H30N4O3S3/c1-5-12-31-24(19-13-21(17(3)4)35-14-19)29-30-27(31)37-16-22(32)28-25-23(26(33)34-6-2)20(15-36-25)18-10-8-7-9-11-18/h7-11,13-15,17H,5-6,12,16H2,1-4H3,(H,28,32). The van der Waals surface area contributed by atoms with Gasteiger partial charge < -0.3 is 14.6 Å². The first kappa shape index (κ1) is 27.1. The fraction of sp³-hybridized carbons (Fsp3) is 0.333. The smallest absolute Gasteiger partial charge is 0.341 e. The molecule has 0 unspecified atom stereocenters. The van der Waals surface area contributed by atoms with Gasteiger partial charge in [0.1, 0.15) is 10.6 Å². The number of hydrogen-bond donors (Lipinski definition) is 1. The number of thiophene rings is 2. The van der Waals surface area contributed by atoms with Crippen LogP contribution >= 0.6 is 34.4 Å². The highest BCUT2D eigenvalue weighted by molar-refractivity contribution is 7.99. The van der Waals surface area contributed by atoms with Crippen LogP contribution in [0.25, 0.3) is 22.5 Å². The molecule has 4 rings (SSSR count). The monoisotopic (exact) mass is 554 g/mol. The first-order chi connectivity index (χ1) is 17.9. The molecule has 10 heteroatoms. The van der Waals surface area contributed by atoms with E-state index in [9.17, 15) is 9.59 Å². The van der Waals surface area contributed by atoms with Crippen molar-refractivity contribution in [2.24, 2.45) is 0 Å². The van der Waals surface area contributed by atoms with Crippen LogP contribution in [-0.2, 0) is 16.1 Å². The lowest BCUT2D eigenvalue weighted by atomic mass is 10.0. The summed E-state index contributed by atoms with van der Waals surface area (Å²) in [5, 5.41) is 16.9. The third kappa shape index (κ3) is 6.31. The van der Waals surface area contributed by atoms with E-state index in [4.69, 9.17) is 4.74 Å². The third-order valence-electron chi connectivity index (χ3n) is 5.55. The lowest BCUT2D eigenvalue weighted by Gasteiger charge is -2.10. The van der Waals surface area contributed by atoms with Gasteiger partial charge >= 0.3 is 5.97 Å². The van der Waals surface area contributed by atoms with E-state index in [1.807, 2.05) is 35.7 Å². The Morgan fingerprint density at radius 3 is 2.54 bits per heavy atom. The average molecular weight is 555 g/mol. The van der Waals surface area contributed by atoms with E-state index in [2.05, 4.69) is 52.3 Å². The molecule has 0 aliphatic rings. The number of amides is 1. The second kappa shape index (κ2) is 12.5. The zero-order chi connectivity index (χ0) is 26.4. The number of nitrogens with zero attached hydrogens (tertiary/aromatic N) is 3. The van der Waals surface area contributed by atoms with Crippen molar-refractivity contribution in [2.75, 3.05) is 17.7 Å². The van der Waals surface area contributed by atoms with E-state index >= 15 is 0 Å². The number of benzene rings is 1. The van der Waals surface area contributed by atoms with Crippen LogP contribution in [-0.4, -0.2) is 39.0 Å². The number of ether oxygens (including phenoxy) is 1. The molecule has 4 aromatic rings. The predicted molar refractivity (Wildman–Crippen MR) is 153 cm³/mol. The van der Waals surface area contributed by atoms with Gasteiger partial charge in [-0.2, -0.15) is 0 Å². The Labute approximate surface area is 229 Å². The zero-order valence-electron chi connectivity index (χ0n) is 21.3. The molecule has 0 atom stereocenters. The van der Waals surface area contributed by atoms with Gasteiger partial charge in [-0.25, -0.2) is 4.79 Å². The van der Waals surface area contributed by atoms with Crippen molar-refractivity contribution in [1.29, 1.82) is 0 Å². The number of carbonyl (C=O) groups excluding carboxylic acids is 2. The highest BCUT2D eigenvalue weighted by Crippen LogP contribution is 2.36. The SMILES string of the molecule is CCCn1c(SCC(=O)Nc2scc(-c3ccccc3)c2C(=O)OCC)nnc1-c1csc(C(C)C)c1. The Morgan fingerprint density at radius 1 is 1.08 bits per heavy atom. The molecule has 1 amide bonds. The Morgan fingerprint density at radius 2 is 1.86 bits per heavy atom. The van der Waals surface area contributed by atoms with Gasteiger partial charge in [-0.05, 0) is 30.9 Å². The van der Waals surface area contributed by atoms with Gasteiger partial charge in [0.25, 0.3) is 0 Å². The Balaban J connectivity index is 1.51. The molecule has 0 spiro atoms. The zero-order valence-corrected chi connectivity index (χ0v) is 23.8. The fourth-order valence-corrected chi connectivity index (χ4v) is 6.43. The van der Waals surface area contributed by atoms with Gasteiger partial charge in [0.15, 0.2) is 11.0 Å². The van der Waals surface area contributed by atoms with Gasteiger partial charge in [-0.15, -0.1) is 32.9 Å². The molecule has 7 nitrogen and oxygen atoms in total. The molecule has 0 aliphatic heterocycles. The summed E-state index contributed by atoms with van der Waals surface area (Å²) in [6.45, 7) is 9.24. The number of esters is 1. The topological polar surface area (TPSA) is 86.1 Å². The average Bonchev–Trinajstić information content (AvgIpc) is 3.62. The Hall–Kier alpha value is -2.95. The van der Waals surface area contributed by atoms with E-state index in [1.165, 1.54) is 28.0 Å². The third-order valence-corrected chi connectivity index (χ3v) is 8.65. The maximum atomic E-state index is 13.0. The molecule has 0 bridgehead atoms. The lowest BCUT2D eigenvalue weighted by Crippen LogP contribution is -2.17. The highest BCUT2D eigenvalue weighted by atomic mass is 32.2. The number of hydrogen-bond acceptors (Lipinski definition) is 8. The van der Waals surface area contributed by atoms with Crippen molar-refractivity contribution in [1.82, 2.24) is 14.8 Å². The number of thioether (sulfide) groups is 1. The lowest BCUT2D eigenvalue weighted by molar-refractivity contribution is -0.113. The molecule has 0 radical (unpaired) electrons. The van der Waals surface area contributed by atoms with E-state index < -0.39 is 5.97 Å². The predicted octanol–water partition coefficient (Wildman–Crippen LogP) is 7.18. The van der Waals surface area contributed by atoms with Crippen LogP contribution in [0.15, 0.2) is 52.3 Å². The minimum absolute atomic E-state index is 0.142. The molecule has 1 aromatic carbocycles. The minimum Gasteiger partial charge on any atom is -0.462 e. The second-order valence-electron chi connectivity index (χ2n) is 8.63. The molecule has 194 valence electrons. The van der Waals surface area contributed by atoms with E-state index in [-0.39, 0.29) is 18.3 Å². The Kier molecular flexibility index (Phi) is 9.18. The van der Waals surface area contributed by atoms with E-state index in [0.717, 1.165) is 35.5 Å². The Bertz CT molecular complexity index is 1360. The minimum atomic E-state index is -0.450. The highest BCUT2D eigenvalue weighted by Gasteiger charge is 2.23. The van der Waals surface area contributed by atoms with Gasteiger partial charge in [-0.3, -0.25) is 4.79 Å². The van der Waals surface area contributed by atoms with Crippen LogP contribution < -0.4 is 5.32 Å². The molecule has 3 aromatic heterocycles. The first-order valence-corrected chi connectivity index (χ1v) is 15.0. The van der Waals surface area contributed by atoms with Gasteiger partial charge in [0, 0.05) is 33.3 Å². The summed E-state index contributed by atoms with van der Waals surface area (Å²) in [5.74, 6) is 0.752. The first-order valence-electron chi connectivity index (χ1n) is 12.2. The number of nitrogens with one attached hydrogen (secondary N) is 1. The largest absolute Gasteiger partial charge is 0.462 e.